The van der Waals surface area contributed by atoms with Gasteiger partial charge in [-0.1, -0.05) is 35.4 Å². The van der Waals surface area contributed by atoms with Gasteiger partial charge in [0.05, 0.1) is 6.20 Å². The van der Waals surface area contributed by atoms with Crippen molar-refractivity contribution in [1.82, 2.24) is 4.98 Å². The Morgan fingerprint density at radius 1 is 0.523 bits per heavy atom. The third-order valence-electron chi connectivity index (χ3n) is 9.20. The molecule has 0 aliphatic rings. The second-order valence-electron chi connectivity index (χ2n) is 12.7. The van der Waals surface area contributed by atoms with Gasteiger partial charge in [-0.2, -0.15) is 4.57 Å². The maximum atomic E-state index is 15.4. The second kappa shape index (κ2) is 18.8. The van der Waals surface area contributed by atoms with Crippen LogP contribution < -0.4 is 31.2 Å². The summed E-state index contributed by atoms with van der Waals surface area (Å²) in [6, 6.07) is 9.03. The van der Waals surface area contributed by atoms with Crippen LogP contribution >= 0.6 is 0 Å². The molecule has 0 radical (unpaired) electrons. The summed E-state index contributed by atoms with van der Waals surface area (Å²) in [5, 5.41) is 3.25. The summed E-state index contributed by atoms with van der Waals surface area (Å²) in [7, 11) is 0. The molecule has 0 saturated heterocycles. The molecule has 7 nitrogen and oxygen atoms in total. The molecule has 6 rings (SSSR count). The lowest BCUT2D eigenvalue weighted by Crippen LogP contribution is -2.81. The Hall–Kier alpha value is -7.38. The average Bonchev–Trinajstić information content (AvgIpc) is 3.29. The zero-order chi connectivity index (χ0) is 48.6. The normalized spacial score (nSPS) is 11.3. The highest BCUT2D eigenvalue weighted by molar-refractivity contribution is 7.20. The van der Waals surface area contributed by atoms with Gasteiger partial charge in [0.1, 0.15) is 52.7 Å². The minimum absolute atomic E-state index is 0.0113. The molecule has 0 fully saturated rings. The molecule has 0 N–H and O–H groups in total. The molecular weight excluding hydrogens is 937 g/mol. The Kier molecular flexibility index (Phi) is 14.0. The van der Waals surface area contributed by atoms with E-state index in [4.69, 9.17) is 10.3 Å². The zero-order valence-electron chi connectivity index (χ0n) is 30.7. The summed E-state index contributed by atoms with van der Waals surface area (Å²) >= 11 is 0. The molecule has 5 aromatic carbocycles. The van der Waals surface area contributed by atoms with Gasteiger partial charge in [0, 0.05) is 10.5 Å². The Bertz CT molecular complexity index is 2580. The number of halogens is 20. The highest BCUT2D eigenvalue weighted by Gasteiger charge is 2.52. The third-order valence-corrected chi connectivity index (χ3v) is 9.20. The SMILES string of the molecule is Fc1c(F)c(F)c([B-](c2c(F)c(F)c(F)c(F)c2F)(c2c(F)c(F)c(F)c(F)c2F)c2c(F)c(F)c(F)c(F)c2F)c(F)c1F.[N-]=[N+]=NCOc1c[n+](CC(=O)c2ccccc2)ccn1. The van der Waals surface area contributed by atoms with Gasteiger partial charge in [0.2, 0.25) is 18.5 Å². The lowest BCUT2D eigenvalue weighted by atomic mass is 9.12. The first-order chi connectivity index (χ1) is 30.5. The largest absolute Gasteiger partial charge is 0.467 e. The van der Waals surface area contributed by atoms with Crippen molar-refractivity contribution in [1.29, 1.82) is 0 Å². The fraction of sp³-hybridized carbons (Fsp3) is 0.0541. The van der Waals surface area contributed by atoms with Crippen molar-refractivity contribution >= 4 is 33.8 Å². The number of Topliss-reactive ketones (excluding diaryl/α,β-unsaturated/α-hetero) is 1. The van der Waals surface area contributed by atoms with Gasteiger partial charge in [0.25, 0.3) is 5.88 Å². The van der Waals surface area contributed by atoms with Crippen molar-refractivity contribution in [3.8, 4) is 5.88 Å². The minimum Gasteiger partial charge on any atom is -0.467 e. The lowest BCUT2D eigenvalue weighted by molar-refractivity contribution is -0.684. The van der Waals surface area contributed by atoms with Crippen LogP contribution in [0.4, 0.5) is 87.8 Å². The van der Waals surface area contributed by atoms with E-state index in [0.29, 0.717) is 11.4 Å². The van der Waals surface area contributed by atoms with E-state index in [9.17, 15) is 57.5 Å². The number of nitrogens with zero attached hydrogens (tertiary/aromatic N) is 5. The standard InChI is InChI=1S/C24BF20.C13H12N5O2/c26-5-1(6(27)14(35)21(42)13(5)34)25(2-7(28)15(36)22(43)16(37)8(2)29,3-9(30)17(38)23(44)18(39)10(3)31)4-11(32)19(40)24(45)20(41)12(4)33;14-17-16-10-20-13-9-18(7-6-15-13)8-12(19)11-4-2-1-3-5-11/h;1-7,9H,8,10H2/q-1;+1. The molecule has 65 heavy (non-hydrogen) atoms. The lowest BCUT2D eigenvalue weighted by Gasteiger charge is -2.44. The molecule has 340 valence electrons. The summed E-state index contributed by atoms with van der Waals surface area (Å²) < 4.78 is 301. The summed E-state index contributed by atoms with van der Waals surface area (Å²) in [6.45, 7) is 0.0462. The first-order valence-corrected chi connectivity index (χ1v) is 16.8. The van der Waals surface area contributed by atoms with E-state index in [-0.39, 0.29) is 19.1 Å². The van der Waals surface area contributed by atoms with Crippen LogP contribution in [0.5, 0.6) is 5.88 Å². The number of hydrogen-bond donors (Lipinski definition) is 0. The van der Waals surface area contributed by atoms with Gasteiger partial charge in [-0.25, -0.2) is 92.8 Å². The number of benzene rings is 5. The predicted octanol–water partition coefficient (Wildman–Crippen LogP) is 7.74. The van der Waals surface area contributed by atoms with Crippen molar-refractivity contribution in [2.24, 2.45) is 5.11 Å². The molecule has 0 atom stereocenters. The van der Waals surface area contributed by atoms with E-state index in [2.05, 4.69) is 15.0 Å². The number of aromatic nitrogens is 2. The first kappa shape index (κ1) is 48.7. The van der Waals surface area contributed by atoms with Gasteiger partial charge in [0.15, 0.2) is 82.7 Å². The molecule has 0 spiro atoms. The van der Waals surface area contributed by atoms with Crippen LogP contribution in [0.3, 0.4) is 0 Å². The van der Waals surface area contributed by atoms with E-state index in [1.165, 1.54) is 6.20 Å². The molecule has 1 heterocycles. The van der Waals surface area contributed by atoms with Crippen molar-refractivity contribution in [2.45, 2.75) is 6.54 Å². The van der Waals surface area contributed by atoms with Gasteiger partial charge in [-0.3, -0.25) is 4.79 Å². The van der Waals surface area contributed by atoms with Crippen LogP contribution in [0.15, 0.2) is 54.0 Å². The maximum absolute atomic E-state index is 15.4. The molecule has 0 saturated carbocycles. The molecule has 1 aromatic heterocycles. The van der Waals surface area contributed by atoms with Crippen LogP contribution in [0.2, 0.25) is 0 Å². The maximum Gasteiger partial charge on any atom is 0.280 e. The van der Waals surface area contributed by atoms with E-state index in [0.717, 1.165) is 0 Å². The van der Waals surface area contributed by atoms with Gasteiger partial charge in [-0.05, 0) is 5.53 Å². The molecule has 0 aliphatic carbocycles. The van der Waals surface area contributed by atoms with Crippen LogP contribution in [0, 0.1) is 116 Å². The van der Waals surface area contributed by atoms with Crippen molar-refractivity contribution in [3.05, 3.63) is 181 Å². The highest BCUT2D eigenvalue weighted by atomic mass is 19.2. The molecule has 6 aromatic rings. The van der Waals surface area contributed by atoms with Crippen LogP contribution in [0.1, 0.15) is 10.4 Å². The first-order valence-electron chi connectivity index (χ1n) is 16.8. The minimum atomic E-state index is -7.22. The monoisotopic (exact) mass is 949 g/mol. The van der Waals surface area contributed by atoms with E-state index in [1.807, 2.05) is 18.2 Å². The molecule has 0 amide bonds. The molecule has 28 heteroatoms. The Morgan fingerprint density at radius 2 is 0.831 bits per heavy atom. The Morgan fingerprint density at radius 3 is 1.14 bits per heavy atom. The topological polar surface area (TPSA) is 91.8 Å². The molecule has 0 bridgehead atoms. The summed E-state index contributed by atoms with van der Waals surface area (Å²) in [4.78, 5) is 18.6. The predicted molar refractivity (Wildman–Crippen MR) is 179 cm³/mol. The summed E-state index contributed by atoms with van der Waals surface area (Å²) in [6.07, 6.45) is -2.45. The number of rotatable bonds is 10. The quantitative estimate of drug-likeness (QED) is 0.0162. The zero-order valence-corrected chi connectivity index (χ0v) is 30.7. The third kappa shape index (κ3) is 8.19. The van der Waals surface area contributed by atoms with E-state index >= 15 is 35.1 Å². The fourth-order valence-electron chi connectivity index (χ4n) is 6.46. The van der Waals surface area contributed by atoms with Gasteiger partial charge < -0.3 is 4.74 Å². The van der Waals surface area contributed by atoms with Crippen LogP contribution in [0.25, 0.3) is 10.4 Å². The van der Waals surface area contributed by atoms with Crippen molar-refractivity contribution < 1.29 is 102 Å². The van der Waals surface area contributed by atoms with Gasteiger partial charge >= 0.3 is 0 Å². The molecule has 0 unspecified atom stereocenters. The average molecular weight is 949 g/mol. The fourth-order valence-corrected chi connectivity index (χ4v) is 6.46. The Labute approximate surface area is 346 Å². The highest BCUT2D eigenvalue weighted by Crippen LogP contribution is 2.30. The summed E-state index contributed by atoms with van der Waals surface area (Å²) in [5.74, 6) is -71.1. The van der Waals surface area contributed by atoms with Gasteiger partial charge in [-0.15, -0.1) is 21.9 Å². The van der Waals surface area contributed by atoms with E-state index < -0.39 is 144 Å². The number of ketones is 1. The number of carbonyl (C=O) groups excluding carboxylic acids is 1. The number of ether oxygens (including phenoxy) is 1. The molecule has 0 aliphatic heterocycles. The Balaban J connectivity index is 0.000000330. The summed E-state index contributed by atoms with van der Waals surface area (Å²) in [5.41, 5.74) is -5.53. The van der Waals surface area contributed by atoms with Crippen molar-refractivity contribution in [3.63, 3.8) is 0 Å². The smallest absolute Gasteiger partial charge is 0.280 e. The molecular formula is C37H12BF20N5O2. The number of carbonyl (C=O) groups is 1. The number of azide groups is 1. The van der Waals surface area contributed by atoms with Crippen LogP contribution in [-0.2, 0) is 6.54 Å². The second-order valence-corrected chi connectivity index (χ2v) is 12.7. The van der Waals surface area contributed by atoms with E-state index in [1.54, 1.807) is 29.1 Å². The number of hydrogen-bond acceptors (Lipinski definition) is 4. The van der Waals surface area contributed by atoms with Crippen LogP contribution in [-0.4, -0.2) is 23.6 Å². The van der Waals surface area contributed by atoms with Crippen molar-refractivity contribution in [2.75, 3.05) is 6.73 Å².